The topological polar surface area (TPSA) is 65.0 Å². The van der Waals surface area contributed by atoms with E-state index in [0.717, 1.165) is 72.8 Å². The monoisotopic (exact) mass is 662 g/mol. The Kier molecular flexibility index (Phi) is 10.2. The van der Waals surface area contributed by atoms with Crippen molar-refractivity contribution in [3.05, 3.63) is 100 Å². The second-order valence-electron chi connectivity index (χ2n) is 11.0. The van der Waals surface area contributed by atoms with Gasteiger partial charge < -0.3 is 24.3 Å². The van der Waals surface area contributed by atoms with Gasteiger partial charge in [-0.05, 0) is 55.0 Å². The molecule has 45 heavy (non-hydrogen) atoms. The number of benzene rings is 3. The van der Waals surface area contributed by atoms with Gasteiger partial charge >= 0.3 is 0 Å². The number of carbonyl (C=O) groups excluding carboxylic acids is 1. The van der Waals surface area contributed by atoms with Crippen LogP contribution in [0.15, 0.2) is 84.0 Å². The van der Waals surface area contributed by atoms with Gasteiger partial charge in [0.25, 0.3) is 5.91 Å². The summed E-state index contributed by atoms with van der Waals surface area (Å²) in [6.07, 6.45) is 0. The molecule has 1 amide bonds. The highest BCUT2D eigenvalue weighted by Crippen LogP contribution is 2.30. The minimum atomic E-state index is 0.0535. The molecule has 2 saturated heterocycles. The lowest BCUT2D eigenvalue weighted by atomic mass is 10.1. The van der Waals surface area contributed by atoms with Crippen LogP contribution in [0.5, 0.6) is 5.75 Å². The van der Waals surface area contributed by atoms with Crippen LogP contribution in [0.2, 0.25) is 10.2 Å². The number of rotatable bonds is 9. The summed E-state index contributed by atoms with van der Waals surface area (Å²) in [5, 5.41) is 1.79. The largest absolute Gasteiger partial charge is 0.492 e. The molecule has 6 rings (SSSR count). The molecule has 0 bridgehead atoms. The second-order valence-corrected chi connectivity index (χ2v) is 12.7. The molecule has 2 aliphatic heterocycles. The molecule has 4 aromatic rings. The molecule has 3 heterocycles. The van der Waals surface area contributed by atoms with Gasteiger partial charge in [-0.2, -0.15) is 0 Å². The molecule has 0 spiro atoms. The number of carbonyl (C=O) groups is 1. The fourth-order valence-corrected chi connectivity index (χ4v) is 6.96. The average molecular weight is 664 g/mol. The summed E-state index contributed by atoms with van der Waals surface area (Å²) in [5.74, 6) is 2.40. The van der Waals surface area contributed by atoms with E-state index in [2.05, 4.69) is 31.8 Å². The van der Waals surface area contributed by atoms with Gasteiger partial charge in [-0.1, -0.05) is 65.3 Å². The van der Waals surface area contributed by atoms with Gasteiger partial charge in [-0.25, -0.2) is 9.97 Å². The average Bonchev–Trinajstić information content (AvgIpc) is 3.07. The van der Waals surface area contributed by atoms with E-state index in [1.807, 2.05) is 78.6 Å². The summed E-state index contributed by atoms with van der Waals surface area (Å²) in [4.78, 5) is 31.6. The van der Waals surface area contributed by atoms with E-state index in [1.54, 1.807) is 0 Å². The molecule has 2 aliphatic rings. The summed E-state index contributed by atoms with van der Waals surface area (Å²) in [5.41, 5.74) is 3.94. The van der Waals surface area contributed by atoms with Crippen LogP contribution in [0.1, 0.15) is 22.8 Å². The van der Waals surface area contributed by atoms with Crippen molar-refractivity contribution < 1.29 is 9.53 Å². The Labute approximate surface area is 278 Å². The Morgan fingerprint density at radius 1 is 0.800 bits per heavy atom. The van der Waals surface area contributed by atoms with Crippen LogP contribution in [0.3, 0.4) is 0 Å². The summed E-state index contributed by atoms with van der Waals surface area (Å²) < 4.78 is 5.82. The number of nitrogens with zero attached hydrogens (tertiary/aromatic N) is 6. The van der Waals surface area contributed by atoms with Gasteiger partial charge in [-0.3, -0.25) is 4.79 Å². The van der Waals surface area contributed by atoms with Gasteiger partial charge in [0.1, 0.15) is 16.7 Å². The number of aromatic nitrogens is 2. The van der Waals surface area contributed by atoms with E-state index in [1.165, 1.54) is 11.8 Å². The first kappa shape index (κ1) is 31.3. The maximum Gasteiger partial charge on any atom is 0.253 e. The molecule has 234 valence electrons. The normalized spacial score (nSPS) is 15.4. The number of ether oxygens (including phenoxy) is 1. The van der Waals surface area contributed by atoms with Crippen molar-refractivity contribution in [2.45, 2.75) is 17.8 Å². The smallest absolute Gasteiger partial charge is 0.253 e. The van der Waals surface area contributed by atoms with Crippen LogP contribution in [-0.4, -0.2) is 79.7 Å². The fraction of sp³-hybridized carbons (Fsp3) is 0.324. The third kappa shape index (κ3) is 7.77. The van der Waals surface area contributed by atoms with Gasteiger partial charge in [0, 0.05) is 80.5 Å². The molecule has 3 aromatic carbocycles. The van der Waals surface area contributed by atoms with Crippen LogP contribution in [0.25, 0.3) is 0 Å². The fourth-order valence-electron chi connectivity index (χ4n) is 5.75. The Morgan fingerprint density at radius 2 is 1.53 bits per heavy atom. The van der Waals surface area contributed by atoms with E-state index in [-0.39, 0.29) is 5.91 Å². The Balaban J connectivity index is 1.04. The zero-order chi connectivity index (χ0) is 31.2. The number of anilines is 3. The zero-order valence-electron chi connectivity index (χ0n) is 25.2. The molecule has 0 atom stereocenters. The Hall–Kier alpha value is -3.66. The lowest BCUT2D eigenvalue weighted by molar-refractivity contribution is 0.0746. The van der Waals surface area contributed by atoms with Crippen molar-refractivity contribution in [1.82, 2.24) is 14.9 Å². The second kappa shape index (κ2) is 14.6. The summed E-state index contributed by atoms with van der Waals surface area (Å²) in [6.45, 7) is 8.81. The lowest BCUT2D eigenvalue weighted by Crippen LogP contribution is -2.48. The third-order valence-corrected chi connectivity index (χ3v) is 9.40. The van der Waals surface area contributed by atoms with Gasteiger partial charge in [0.15, 0.2) is 5.16 Å². The highest BCUT2D eigenvalue weighted by molar-refractivity contribution is 7.98. The number of piperazine rings is 2. The van der Waals surface area contributed by atoms with E-state index in [0.29, 0.717) is 41.3 Å². The van der Waals surface area contributed by atoms with Crippen LogP contribution in [-0.2, 0) is 5.75 Å². The van der Waals surface area contributed by atoms with Gasteiger partial charge in [0.2, 0.25) is 0 Å². The van der Waals surface area contributed by atoms with E-state index < -0.39 is 0 Å². The van der Waals surface area contributed by atoms with Crippen molar-refractivity contribution in [2.75, 3.05) is 73.7 Å². The quantitative estimate of drug-likeness (QED) is 0.111. The highest BCUT2D eigenvalue weighted by atomic mass is 35.5. The number of halogens is 2. The van der Waals surface area contributed by atoms with Gasteiger partial charge in [-0.15, -0.1) is 0 Å². The molecule has 11 heteroatoms. The standard InChI is InChI=1S/C34H36Cl2N6O2S/c1-2-44-30-12-4-3-11-29(30)40-15-19-42(20-16-40)33(43)26-8-5-7-25(21-26)24-45-34-37-31(36)23-32(38-34)41-17-13-39(14-18-41)28-10-6-9-27(35)22-28/h3-12,21-23H,2,13-20,24H2,1H3. The number of para-hydroxylation sites is 2. The molecular weight excluding hydrogens is 627 g/mol. The number of amides is 1. The van der Waals surface area contributed by atoms with E-state index >= 15 is 0 Å². The third-order valence-electron chi connectivity index (χ3n) is 8.05. The van der Waals surface area contributed by atoms with E-state index in [9.17, 15) is 4.79 Å². The summed E-state index contributed by atoms with van der Waals surface area (Å²) in [7, 11) is 0. The summed E-state index contributed by atoms with van der Waals surface area (Å²) in [6, 6.07) is 25.7. The molecule has 0 N–H and O–H groups in total. The zero-order valence-corrected chi connectivity index (χ0v) is 27.6. The van der Waals surface area contributed by atoms with E-state index in [4.69, 9.17) is 32.9 Å². The highest BCUT2D eigenvalue weighted by Gasteiger charge is 2.24. The van der Waals surface area contributed by atoms with Crippen LogP contribution in [0, 0.1) is 0 Å². The first-order chi connectivity index (χ1) is 22.0. The number of thioether (sulfide) groups is 1. The first-order valence-electron chi connectivity index (χ1n) is 15.2. The van der Waals surface area contributed by atoms with Crippen molar-refractivity contribution in [2.24, 2.45) is 0 Å². The molecule has 0 unspecified atom stereocenters. The molecule has 2 fully saturated rings. The van der Waals surface area contributed by atoms with Crippen molar-refractivity contribution in [1.29, 1.82) is 0 Å². The predicted molar refractivity (Wildman–Crippen MR) is 185 cm³/mol. The van der Waals surface area contributed by atoms with Crippen molar-refractivity contribution >= 4 is 58.1 Å². The van der Waals surface area contributed by atoms with Crippen molar-refractivity contribution in [3.63, 3.8) is 0 Å². The molecule has 0 radical (unpaired) electrons. The first-order valence-corrected chi connectivity index (χ1v) is 17.0. The molecule has 0 saturated carbocycles. The van der Waals surface area contributed by atoms with Crippen molar-refractivity contribution in [3.8, 4) is 5.75 Å². The minimum absolute atomic E-state index is 0.0535. The predicted octanol–water partition coefficient (Wildman–Crippen LogP) is 6.76. The Bertz CT molecular complexity index is 1630. The molecule has 8 nitrogen and oxygen atoms in total. The SMILES string of the molecule is CCOc1ccccc1N1CCN(C(=O)c2cccc(CSc3nc(Cl)cc(N4CCN(c5cccc(Cl)c5)CC4)n3)c2)CC1. The molecular formula is C34H36Cl2N6O2S. The summed E-state index contributed by atoms with van der Waals surface area (Å²) >= 11 is 14.2. The number of hydrogen-bond donors (Lipinski definition) is 0. The molecule has 0 aliphatic carbocycles. The Morgan fingerprint density at radius 3 is 2.31 bits per heavy atom. The number of hydrogen-bond acceptors (Lipinski definition) is 8. The molecule has 1 aromatic heterocycles. The maximum absolute atomic E-state index is 13.5. The van der Waals surface area contributed by atoms with Gasteiger partial charge in [0.05, 0.1) is 12.3 Å². The minimum Gasteiger partial charge on any atom is -0.492 e. The lowest BCUT2D eigenvalue weighted by Gasteiger charge is -2.36. The van der Waals surface area contributed by atoms with Crippen LogP contribution < -0.4 is 19.4 Å². The van der Waals surface area contributed by atoms with Crippen LogP contribution in [0.4, 0.5) is 17.2 Å². The van der Waals surface area contributed by atoms with Crippen LogP contribution >= 0.6 is 35.0 Å². The maximum atomic E-state index is 13.5.